The minimum Gasteiger partial charge on any atom is -0.497 e. The van der Waals surface area contributed by atoms with E-state index >= 15 is 0 Å². The van der Waals surface area contributed by atoms with E-state index in [4.69, 9.17) is 19.9 Å². The van der Waals surface area contributed by atoms with Crippen molar-refractivity contribution in [1.82, 2.24) is 0 Å². The molecule has 0 saturated carbocycles. The minimum atomic E-state index is -0.203. The fraction of sp³-hybridized carbons (Fsp3) is 0.294. The zero-order valence-corrected chi connectivity index (χ0v) is 12.4. The largest absolute Gasteiger partial charge is 0.497 e. The maximum absolute atomic E-state index is 6.15. The Morgan fingerprint density at radius 1 is 0.952 bits per heavy atom. The van der Waals surface area contributed by atoms with Gasteiger partial charge >= 0.3 is 0 Å². The normalized spacial score (nSPS) is 11.8. The summed E-state index contributed by atoms with van der Waals surface area (Å²) in [6, 6.07) is 15.1. The summed E-state index contributed by atoms with van der Waals surface area (Å²) in [6.07, 6.45) is 0. The van der Waals surface area contributed by atoms with E-state index in [1.165, 1.54) is 0 Å². The SMILES string of the molecule is CCOc1ccccc1OCC(N)c1ccc(OC)cc1. The number of nitrogens with two attached hydrogens (primary N) is 1. The van der Waals surface area contributed by atoms with Gasteiger partial charge in [0.15, 0.2) is 11.5 Å². The number of benzene rings is 2. The van der Waals surface area contributed by atoms with Crippen LogP contribution < -0.4 is 19.9 Å². The summed E-state index contributed by atoms with van der Waals surface area (Å²) in [5.41, 5.74) is 7.16. The van der Waals surface area contributed by atoms with Crippen LogP contribution in [-0.4, -0.2) is 20.3 Å². The lowest BCUT2D eigenvalue weighted by atomic mass is 10.1. The summed E-state index contributed by atoms with van der Waals surface area (Å²) in [5, 5.41) is 0. The van der Waals surface area contributed by atoms with Crippen molar-refractivity contribution < 1.29 is 14.2 Å². The number of hydrogen-bond acceptors (Lipinski definition) is 4. The van der Waals surface area contributed by atoms with Crippen LogP contribution in [0.15, 0.2) is 48.5 Å². The van der Waals surface area contributed by atoms with Crippen molar-refractivity contribution in [3.05, 3.63) is 54.1 Å². The van der Waals surface area contributed by atoms with Crippen molar-refractivity contribution in [2.75, 3.05) is 20.3 Å². The third-order valence-corrected chi connectivity index (χ3v) is 3.11. The fourth-order valence-corrected chi connectivity index (χ4v) is 1.97. The van der Waals surface area contributed by atoms with Crippen LogP contribution >= 0.6 is 0 Å². The maximum Gasteiger partial charge on any atom is 0.161 e. The highest BCUT2D eigenvalue weighted by molar-refractivity contribution is 5.39. The lowest BCUT2D eigenvalue weighted by Crippen LogP contribution is -2.19. The van der Waals surface area contributed by atoms with E-state index in [0.717, 1.165) is 17.1 Å². The molecule has 0 radical (unpaired) electrons. The molecule has 0 amide bonds. The summed E-state index contributed by atoms with van der Waals surface area (Å²) in [6.45, 7) is 2.93. The van der Waals surface area contributed by atoms with Crippen LogP contribution in [0.2, 0.25) is 0 Å². The molecule has 0 heterocycles. The second-order valence-corrected chi connectivity index (χ2v) is 4.57. The first-order valence-electron chi connectivity index (χ1n) is 6.98. The summed E-state index contributed by atoms with van der Waals surface area (Å²) in [4.78, 5) is 0. The Balaban J connectivity index is 1.98. The first-order valence-corrected chi connectivity index (χ1v) is 6.98. The standard InChI is InChI=1S/C17H21NO3/c1-3-20-16-6-4-5-7-17(16)21-12-15(18)13-8-10-14(19-2)11-9-13/h4-11,15H,3,12,18H2,1-2H3. The van der Waals surface area contributed by atoms with E-state index in [1.807, 2.05) is 55.5 Å². The van der Waals surface area contributed by atoms with Gasteiger partial charge in [0, 0.05) is 0 Å². The van der Waals surface area contributed by atoms with E-state index in [1.54, 1.807) is 7.11 Å². The lowest BCUT2D eigenvalue weighted by Gasteiger charge is -2.16. The molecule has 0 aliphatic carbocycles. The van der Waals surface area contributed by atoms with Crippen LogP contribution in [0.25, 0.3) is 0 Å². The second-order valence-electron chi connectivity index (χ2n) is 4.57. The van der Waals surface area contributed by atoms with E-state index in [2.05, 4.69) is 0 Å². The van der Waals surface area contributed by atoms with Crippen molar-refractivity contribution in [2.45, 2.75) is 13.0 Å². The predicted octanol–water partition coefficient (Wildman–Crippen LogP) is 3.17. The number of methoxy groups -OCH3 is 1. The quantitative estimate of drug-likeness (QED) is 0.850. The van der Waals surface area contributed by atoms with Gasteiger partial charge in [-0.05, 0) is 36.8 Å². The number of para-hydroxylation sites is 2. The number of hydrogen-bond donors (Lipinski definition) is 1. The molecule has 2 rings (SSSR count). The van der Waals surface area contributed by atoms with Crippen LogP contribution in [0.4, 0.5) is 0 Å². The molecule has 0 fully saturated rings. The third kappa shape index (κ3) is 4.13. The Labute approximate surface area is 125 Å². The number of ether oxygens (including phenoxy) is 3. The zero-order chi connectivity index (χ0) is 15.1. The Morgan fingerprint density at radius 3 is 2.14 bits per heavy atom. The summed E-state index contributed by atoms with van der Waals surface area (Å²) >= 11 is 0. The molecule has 1 atom stereocenters. The van der Waals surface area contributed by atoms with Crippen molar-refractivity contribution in [3.8, 4) is 17.2 Å². The van der Waals surface area contributed by atoms with Crippen LogP contribution in [0, 0.1) is 0 Å². The number of rotatable bonds is 7. The molecule has 2 N–H and O–H groups in total. The average molecular weight is 287 g/mol. The Morgan fingerprint density at radius 2 is 1.57 bits per heavy atom. The Kier molecular flexibility index (Phi) is 5.46. The molecular weight excluding hydrogens is 266 g/mol. The Bertz CT molecular complexity index is 554. The fourth-order valence-electron chi connectivity index (χ4n) is 1.97. The van der Waals surface area contributed by atoms with Gasteiger partial charge in [0.25, 0.3) is 0 Å². The molecule has 1 unspecified atom stereocenters. The molecule has 0 bridgehead atoms. The van der Waals surface area contributed by atoms with Gasteiger partial charge in [-0.3, -0.25) is 0 Å². The highest BCUT2D eigenvalue weighted by atomic mass is 16.5. The van der Waals surface area contributed by atoms with Crippen LogP contribution in [0.1, 0.15) is 18.5 Å². The molecule has 2 aromatic rings. The highest BCUT2D eigenvalue weighted by Crippen LogP contribution is 2.27. The molecule has 0 aliphatic rings. The smallest absolute Gasteiger partial charge is 0.161 e. The highest BCUT2D eigenvalue weighted by Gasteiger charge is 2.09. The van der Waals surface area contributed by atoms with Gasteiger partial charge in [0.2, 0.25) is 0 Å². The van der Waals surface area contributed by atoms with E-state index in [9.17, 15) is 0 Å². The van der Waals surface area contributed by atoms with Crippen molar-refractivity contribution in [2.24, 2.45) is 5.73 Å². The maximum atomic E-state index is 6.15. The van der Waals surface area contributed by atoms with Crippen LogP contribution in [0.3, 0.4) is 0 Å². The average Bonchev–Trinajstić information content (AvgIpc) is 2.54. The second kappa shape index (κ2) is 7.55. The van der Waals surface area contributed by atoms with Gasteiger partial charge in [-0.2, -0.15) is 0 Å². The Hall–Kier alpha value is -2.20. The molecule has 0 aliphatic heterocycles. The van der Waals surface area contributed by atoms with Gasteiger partial charge in [0.05, 0.1) is 19.8 Å². The van der Waals surface area contributed by atoms with Crippen molar-refractivity contribution in [1.29, 1.82) is 0 Å². The molecule has 0 saturated heterocycles. The van der Waals surface area contributed by atoms with Gasteiger partial charge in [-0.15, -0.1) is 0 Å². The lowest BCUT2D eigenvalue weighted by molar-refractivity contribution is 0.261. The van der Waals surface area contributed by atoms with Crippen molar-refractivity contribution >= 4 is 0 Å². The molecule has 21 heavy (non-hydrogen) atoms. The first-order chi connectivity index (χ1) is 10.2. The van der Waals surface area contributed by atoms with Crippen molar-refractivity contribution in [3.63, 3.8) is 0 Å². The monoisotopic (exact) mass is 287 g/mol. The van der Waals surface area contributed by atoms with Crippen LogP contribution in [0.5, 0.6) is 17.2 Å². The van der Waals surface area contributed by atoms with Gasteiger partial charge < -0.3 is 19.9 Å². The molecule has 2 aromatic carbocycles. The van der Waals surface area contributed by atoms with Crippen LogP contribution in [-0.2, 0) is 0 Å². The van der Waals surface area contributed by atoms with Gasteiger partial charge in [-0.25, -0.2) is 0 Å². The molecular formula is C17H21NO3. The molecule has 112 valence electrons. The third-order valence-electron chi connectivity index (χ3n) is 3.11. The molecule has 4 heteroatoms. The summed E-state index contributed by atoms with van der Waals surface area (Å²) < 4.78 is 16.4. The first kappa shape index (κ1) is 15.2. The zero-order valence-electron chi connectivity index (χ0n) is 12.4. The van der Waals surface area contributed by atoms with E-state index in [0.29, 0.717) is 19.0 Å². The summed E-state index contributed by atoms with van der Waals surface area (Å²) in [7, 11) is 1.64. The predicted molar refractivity (Wildman–Crippen MR) is 83.0 cm³/mol. The van der Waals surface area contributed by atoms with E-state index < -0.39 is 0 Å². The molecule has 4 nitrogen and oxygen atoms in total. The minimum absolute atomic E-state index is 0.203. The van der Waals surface area contributed by atoms with E-state index in [-0.39, 0.29) is 6.04 Å². The topological polar surface area (TPSA) is 53.7 Å². The molecule has 0 spiro atoms. The molecule has 0 aromatic heterocycles. The van der Waals surface area contributed by atoms with Gasteiger partial charge in [-0.1, -0.05) is 24.3 Å². The summed E-state index contributed by atoms with van der Waals surface area (Å²) in [5.74, 6) is 2.26. The van der Waals surface area contributed by atoms with Gasteiger partial charge in [0.1, 0.15) is 12.4 Å².